The van der Waals surface area contributed by atoms with Crippen LogP contribution in [0.2, 0.25) is 5.02 Å². The van der Waals surface area contributed by atoms with Crippen LogP contribution in [0.4, 0.5) is 11.4 Å². The van der Waals surface area contributed by atoms with Crippen LogP contribution in [0.5, 0.6) is 5.75 Å². The van der Waals surface area contributed by atoms with Crippen LogP contribution in [0.3, 0.4) is 0 Å². The SMILES string of the molecule is COc1ccc(Cl)cc1NC(=O)C(C)SC1=Nc2ccccc2CS1. The highest BCUT2D eigenvalue weighted by molar-refractivity contribution is 8.39. The molecule has 1 heterocycles. The molecule has 1 atom stereocenters. The second-order valence-electron chi connectivity index (χ2n) is 5.39. The van der Waals surface area contributed by atoms with Gasteiger partial charge in [0.2, 0.25) is 5.91 Å². The van der Waals surface area contributed by atoms with Crippen molar-refractivity contribution in [2.45, 2.75) is 17.9 Å². The van der Waals surface area contributed by atoms with Crippen molar-refractivity contribution in [3.8, 4) is 5.75 Å². The van der Waals surface area contributed by atoms with Crippen molar-refractivity contribution < 1.29 is 9.53 Å². The van der Waals surface area contributed by atoms with Gasteiger partial charge in [0, 0.05) is 10.8 Å². The molecule has 0 aliphatic carbocycles. The number of thioether (sulfide) groups is 2. The third-order valence-electron chi connectivity index (χ3n) is 3.62. The standard InChI is InChI=1S/C18H17ClN2O2S2/c1-11(17(22)20-15-9-13(19)7-8-16(15)23-2)25-18-21-14-6-4-3-5-12(14)10-24-18/h3-9,11H,10H2,1-2H3,(H,20,22). The molecule has 130 valence electrons. The second-order valence-corrected chi connectivity index (χ2v) is 8.38. The number of para-hydroxylation sites is 1. The lowest BCUT2D eigenvalue weighted by Crippen LogP contribution is -2.23. The molecular formula is C18H17ClN2O2S2. The van der Waals surface area contributed by atoms with Crippen LogP contribution in [0.25, 0.3) is 0 Å². The van der Waals surface area contributed by atoms with Crippen molar-refractivity contribution in [1.82, 2.24) is 0 Å². The fourth-order valence-corrected chi connectivity index (χ4v) is 4.65. The van der Waals surface area contributed by atoms with E-state index in [0.29, 0.717) is 16.5 Å². The van der Waals surface area contributed by atoms with E-state index in [4.69, 9.17) is 16.3 Å². The molecule has 1 aliphatic rings. The van der Waals surface area contributed by atoms with Gasteiger partial charge in [-0.3, -0.25) is 4.79 Å². The molecule has 3 rings (SSSR count). The molecular weight excluding hydrogens is 376 g/mol. The number of fused-ring (bicyclic) bond motifs is 1. The van der Waals surface area contributed by atoms with Gasteiger partial charge < -0.3 is 10.1 Å². The van der Waals surface area contributed by atoms with Crippen molar-refractivity contribution in [3.05, 3.63) is 53.1 Å². The first kappa shape index (κ1) is 18.2. The number of hydrogen-bond acceptors (Lipinski definition) is 5. The van der Waals surface area contributed by atoms with Crippen LogP contribution < -0.4 is 10.1 Å². The zero-order valence-corrected chi connectivity index (χ0v) is 16.2. The molecule has 0 spiro atoms. The molecule has 1 amide bonds. The highest BCUT2D eigenvalue weighted by Gasteiger charge is 2.21. The summed E-state index contributed by atoms with van der Waals surface area (Å²) in [4.78, 5) is 17.2. The van der Waals surface area contributed by atoms with Crippen molar-refractivity contribution in [2.24, 2.45) is 4.99 Å². The van der Waals surface area contributed by atoms with E-state index < -0.39 is 0 Å². The van der Waals surface area contributed by atoms with Gasteiger partial charge in [0.1, 0.15) is 10.1 Å². The maximum absolute atomic E-state index is 12.5. The summed E-state index contributed by atoms with van der Waals surface area (Å²) < 4.78 is 6.16. The highest BCUT2D eigenvalue weighted by Crippen LogP contribution is 2.36. The Morgan fingerprint density at radius 2 is 2.16 bits per heavy atom. The van der Waals surface area contributed by atoms with Crippen LogP contribution in [-0.2, 0) is 10.5 Å². The molecule has 1 unspecified atom stereocenters. The van der Waals surface area contributed by atoms with Crippen LogP contribution in [-0.4, -0.2) is 22.6 Å². The van der Waals surface area contributed by atoms with E-state index in [1.165, 1.54) is 17.3 Å². The quantitative estimate of drug-likeness (QED) is 0.762. The van der Waals surface area contributed by atoms with E-state index in [0.717, 1.165) is 15.8 Å². The van der Waals surface area contributed by atoms with Gasteiger partial charge >= 0.3 is 0 Å². The highest BCUT2D eigenvalue weighted by atomic mass is 35.5. The Bertz CT molecular complexity index is 826. The molecule has 1 aliphatic heterocycles. The van der Waals surface area contributed by atoms with Gasteiger partial charge in [-0.25, -0.2) is 4.99 Å². The largest absolute Gasteiger partial charge is 0.495 e. The maximum atomic E-state index is 12.5. The Kier molecular flexibility index (Phi) is 5.93. The fourth-order valence-electron chi connectivity index (χ4n) is 2.29. The molecule has 0 radical (unpaired) electrons. The summed E-state index contributed by atoms with van der Waals surface area (Å²) in [7, 11) is 1.56. The fraction of sp³-hybridized carbons (Fsp3) is 0.222. The van der Waals surface area contributed by atoms with Crippen LogP contribution in [0.15, 0.2) is 47.5 Å². The molecule has 0 saturated heterocycles. The summed E-state index contributed by atoms with van der Waals surface area (Å²) in [6.45, 7) is 1.86. The summed E-state index contributed by atoms with van der Waals surface area (Å²) in [5, 5.41) is 3.13. The van der Waals surface area contributed by atoms with Crippen molar-refractivity contribution in [1.29, 1.82) is 0 Å². The zero-order valence-electron chi connectivity index (χ0n) is 13.8. The molecule has 0 saturated carbocycles. The maximum Gasteiger partial charge on any atom is 0.237 e. The second kappa shape index (κ2) is 8.17. The Balaban J connectivity index is 1.68. The average Bonchev–Trinajstić information content (AvgIpc) is 2.61. The predicted molar refractivity (Wildman–Crippen MR) is 109 cm³/mol. The van der Waals surface area contributed by atoms with Gasteiger partial charge in [-0.05, 0) is 36.8 Å². The van der Waals surface area contributed by atoms with Gasteiger partial charge in [-0.15, -0.1) is 0 Å². The molecule has 2 aromatic carbocycles. The number of hydrogen-bond donors (Lipinski definition) is 1. The number of halogens is 1. The zero-order chi connectivity index (χ0) is 17.8. The average molecular weight is 393 g/mol. The Morgan fingerprint density at radius 1 is 1.36 bits per heavy atom. The number of ether oxygens (including phenoxy) is 1. The molecule has 0 fully saturated rings. The molecule has 2 aromatic rings. The number of aliphatic imine (C=N–C) groups is 1. The van der Waals surface area contributed by atoms with Gasteiger partial charge in [0.05, 0.1) is 23.7 Å². The number of carbonyl (C=O) groups is 1. The van der Waals surface area contributed by atoms with Crippen molar-refractivity contribution in [2.75, 3.05) is 12.4 Å². The van der Waals surface area contributed by atoms with E-state index >= 15 is 0 Å². The number of methoxy groups -OCH3 is 1. The van der Waals surface area contributed by atoms with Crippen LogP contribution in [0, 0.1) is 0 Å². The number of nitrogens with one attached hydrogen (secondary N) is 1. The number of rotatable bonds is 4. The number of benzene rings is 2. The minimum absolute atomic E-state index is 0.118. The lowest BCUT2D eigenvalue weighted by atomic mass is 10.2. The number of carbonyl (C=O) groups excluding carboxylic acids is 1. The molecule has 0 bridgehead atoms. The van der Waals surface area contributed by atoms with E-state index in [2.05, 4.69) is 16.4 Å². The first-order chi connectivity index (χ1) is 12.1. The summed E-state index contributed by atoms with van der Waals surface area (Å²) in [6, 6.07) is 13.2. The summed E-state index contributed by atoms with van der Waals surface area (Å²) >= 11 is 9.12. The summed E-state index contributed by atoms with van der Waals surface area (Å²) in [5.74, 6) is 1.33. The molecule has 7 heteroatoms. The van der Waals surface area contributed by atoms with E-state index in [9.17, 15) is 4.79 Å². The third-order valence-corrected chi connectivity index (χ3v) is 6.15. The lowest BCUT2D eigenvalue weighted by Gasteiger charge is -2.18. The summed E-state index contributed by atoms with van der Waals surface area (Å²) in [5.41, 5.74) is 2.77. The van der Waals surface area contributed by atoms with E-state index in [1.807, 2.05) is 25.1 Å². The molecule has 0 aromatic heterocycles. The van der Waals surface area contributed by atoms with Gasteiger partial charge in [-0.2, -0.15) is 0 Å². The first-order valence-corrected chi connectivity index (χ1v) is 9.91. The topological polar surface area (TPSA) is 50.7 Å². The van der Waals surface area contributed by atoms with E-state index in [1.54, 1.807) is 37.1 Å². The molecule has 1 N–H and O–H groups in total. The number of nitrogens with zero attached hydrogens (tertiary/aromatic N) is 1. The van der Waals surface area contributed by atoms with Crippen molar-refractivity contribution in [3.63, 3.8) is 0 Å². The van der Waals surface area contributed by atoms with Crippen molar-refractivity contribution >= 4 is 56.8 Å². The van der Waals surface area contributed by atoms with E-state index in [-0.39, 0.29) is 11.2 Å². The normalized spacial score (nSPS) is 14.3. The van der Waals surface area contributed by atoms with Crippen LogP contribution >= 0.6 is 35.1 Å². The minimum atomic E-state index is -0.291. The van der Waals surface area contributed by atoms with Gasteiger partial charge in [0.25, 0.3) is 0 Å². The lowest BCUT2D eigenvalue weighted by molar-refractivity contribution is -0.115. The third kappa shape index (κ3) is 4.51. The molecule has 4 nitrogen and oxygen atoms in total. The monoisotopic (exact) mass is 392 g/mol. The molecule has 25 heavy (non-hydrogen) atoms. The Labute approximate surface area is 160 Å². The smallest absolute Gasteiger partial charge is 0.237 e. The Morgan fingerprint density at radius 3 is 2.96 bits per heavy atom. The van der Waals surface area contributed by atoms with Crippen LogP contribution in [0.1, 0.15) is 12.5 Å². The Hall–Kier alpha value is -1.63. The number of anilines is 1. The predicted octanol–water partition coefficient (Wildman–Crippen LogP) is 5.34. The minimum Gasteiger partial charge on any atom is -0.495 e. The number of amides is 1. The van der Waals surface area contributed by atoms with Gasteiger partial charge in [0.15, 0.2) is 0 Å². The van der Waals surface area contributed by atoms with Gasteiger partial charge in [-0.1, -0.05) is 53.3 Å². The first-order valence-electron chi connectivity index (χ1n) is 7.67. The summed E-state index contributed by atoms with van der Waals surface area (Å²) in [6.07, 6.45) is 0.